The second-order valence-corrected chi connectivity index (χ2v) is 5.20. The molecule has 1 saturated heterocycles. The first-order valence-electron chi connectivity index (χ1n) is 7.16. The first kappa shape index (κ1) is 15.5. The first-order chi connectivity index (χ1) is 10.1. The van der Waals surface area contributed by atoms with Crippen LogP contribution in [0.5, 0.6) is 5.75 Å². The van der Waals surface area contributed by atoms with Gasteiger partial charge in [0.1, 0.15) is 5.75 Å². The molecule has 1 aliphatic rings. The summed E-state index contributed by atoms with van der Waals surface area (Å²) < 4.78 is 10.7. The van der Waals surface area contributed by atoms with E-state index in [-0.39, 0.29) is 24.2 Å². The van der Waals surface area contributed by atoms with Crippen molar-refractivity contribution in [1.82, 2.24) is 5.32 Å². The van der Waals surface area contributed by atoms with Gasteiger partial charge in [0.25, 0.3) is 0 Å². The van der Waals surface area contributed by atoms with Gasteiger partial charge < -0.3 is 14.8 Å². The summed E-state index contributed by atoms with van der Waals surface area (Å²) in [6.07, 6.45) is 2.36. The Morgan fingerprint density at radius 1 is 1.43 bits per heavy atom. The quantitative estimate of drug-likeness (QED) is 0.811. The maximum atomic E-state index is 12.0. The lowest BCUT2D eigenvalue weighted by Crippen LogP contribution is -2.32. The van der Waals surface area contributed by atoms with Gasteiger partial charge in [-0.15, -0.1) is 0 Å². The molecule has 21 heavy (non-hydrogen) atoms. The van der Waals surface area contributed by atoms with Crippen molar-refractivity contribution in [3.63, 3.8) is 0 Å². The lowest BCUT2D eigenvalue weighted by Gasteiger charge is -2.12. The van der Waals surface area contributed by atoms with Gasteiger partial charge in [-0.25, -0.2) is 0 Å². The molecule has 5 nitrogen and oxygen atoms in total. The van der Waals surface area contributed by atoms with Gasteiger partial charge in [0, 0.05) is 24.3 Å². The number of hydrogen-bond donors (Lipinski definition) is 1. The molecule has 1 aromatic carbocycles. The number of rotatable bonds is 6. The Hall–Kier alpha value is -1.88. The summed E-state index contributed by atoms with van der Waals surface area (Å²) >= 11 is 0. The highest BCUT2D eigenvalue weighted by Gasteiger charge is 2.17. The largest absolute Gasteiger partial charge is 0.496 e. The van der Waals surface area contributed by atoms with Crippen LogP contribution in [0.3, 0.4) is 0 Å². The van der Waals surface area contributed by atoms with Gasteiger partial charge in [-0.2, -0.15) is 0 Å². The first-order valence-corrected chi connectivity index (χ1v) is 7.16. The van der Waals surface area contributed by atoms with Gasteiger partial charge in [-0.1, -0.05) is 0 Å². The van der Waals surface area contributed by atoms with Gasteiger partial charge in [-0.3, -0.25) is 9.59 Å². The highest BCUT2D eigenvalue weighted by atomic mass is 16.5. The molecule has 1 amide bonds. The van der Waals surface area contributed by atoms with Gasteiger partial charge >= 0.3 is 0 Å². The summed E-state index contributed by atoms with van der Waals surface area (Å²) in [6, 6.07) is 5.14. The lowest BCUT2D eigenvalue weighted by molar-refractivity contribution is -0.120. The van der Waals surface area contributed by atoms with Crippen molar-refractivity contribution in [3.05, 3.63) is 29.3 Å². The van der Waals surface area contributed by atoms with Crippen LogP contribution < -0.4 is 10.1 Å². The van der Waals surface area contributed by atoms with E-state index in [2.05, 4.69) is 5.32 Å². The number of nitrogens with one attached hydrogen (secondary N) is 1. The molecule has 0 aromatic heterocycles. The van der Waals surface area contributed by atoms with Crippen molar-refractivity contribution in [2.75, 3.05) is 20.3 Å². The van der Waals surface area contributed by atoms with Gasteiger partial charge in [0.2, 0.25) is 5.91 Å². The summed E-state index contributed by atoms with van der Waals surface area (Å²) in [7, 11) is 1.55. The molecule has 1 aliphatic heterocycles. The Labute approximate surface area is 124 Å². The van der Waals surface area contributed by atoms with Crippen LogP contribution in [-0.4, -0.2) is 38.1 Å². The monoisotopic (exact) mass is 291 g/mol. The second kappa shape index (κ2) is 7.22. The van der Waals surface area contributed by atoms with Crippen molar-refractivity contribution in [1.29, 1.82) is 0 Å². The fourth-order valence-corrected chi connectivity index (χ4v) is 2.40. The average Bonchev–Trinajstić information content (AvgIpc) is 2.98. The highest BCUT2D eigenvalue weighted by molar-refractivity contribution is 5.94. The molecule has 2 rings (SSSR count). The Morgan fingerprint density at radius 2 is 2.24 bits per heavy atom. The lowest BCUT2D eigenvalue weighted by atomic mass is 10.0. The van der Waals surface area contributed by atoms with E-state index >= 15 is 0 Å². The number of ketones is 1. The number of hydrogen-bond acceptors (Lipinski definition) is 4. The number of methoxy groups -OCH3 is 1. The predicted molar refractivity (Wildman–Crippen MR) is 78.7 cm³/mol. The number of amides is 1. The summed E-state index contributed by atoms with van der Waals surface area (Å²) in [5.74, 6) is 0.496. The molecular formula is C16H21NO4. The summed E-state index contributed by atoms with van der Waals surface area (Å²) in [4.78, 5) is 23.4. The fourth-order valence-electron chi connectivity index (χ4n) is 2.40. The summed E-state index contributed by atoms with van der Waals surface area (Å²) in [5, 5.41) is 2.87. The summed E-state index contributed by atoms with van der Waals surface area (Å²) in [6.45, 7) is 2.81. The zero-order chi connectivity index (χ0) is 15.2. The molecule has 0 radical (unpaired) electrons. The standard InChI is InChI=1S/C16H21NO4/c1-11(18)12-5-6-15(20-2)13(8-12)9-16(19)17-10-14-4-3-7-21-14/h5-6,8,14H,3-4,7,9-10H2,1-2H3,(H,17,19). The van der Waals surface area contributed by atoms with Gasteiger partial charge in [0.15, 0.2) is 5.78 Å². The number of Topliss-reactive ketones (excluding diaryl/α,β-unsaturated/α-hetero) is 1. The van der Waals surface area contributed by atoms with Crippen molar-refractivity contribution in [3.8, 4) is 5.75 Å². The molecule has 1 unspecified atom stereocenters. The van der Waals surface area contributed by atoms with Crippen LogP contribution in [0.1, 0.15) is 35.7 Å². The number of ether oxygens (including phenoxy) is 2. The molecule has 114 valence electrons. The number of benzene rings is 1. The molecule has 0 spiro atoms. The van der Waals surface area contributed by atoms with E-state index in [1.165, 1.54) is 6.92 Å². The van der Waals surface area contributed by atoms with E-state index in [0.29, 0.717) is 17.9 Å². The Bertz CT molecular complexity index is 521. The molecule has 1 N–H and O–H groups in total. The minimum Gasteiger partial charge on any atom is -0.496 e. The van der Waals surface area contributed by atoms with Crippen molar-refractivity contribution in [2.45, 2.75) is 32.3 Å². The van der Waals surface area contributed by atoms with Gasteiger partial charge in [0.05, 0.1) is 19.6 Å². The third kappa shape index (κ3) is 4.29. The van der Waals surface area contributed by atoms with E-state index in [9.17, 15) is 9.59 Å². The van der Waals surface area contributed by atoms with E-state index in [1.807, 2.05) is 0 Å². The van der Waals surface area contributed by atoms with Crippen molar-refractivity contribution < 1.29 is 19.1 Å². The maximum Gasteiger partial charge on any atom is 0.224 e. The van der Waals surface area contributed by atoms with Crippen LogP contribution in [-0.2, 0) is 16.0 Å². The van der Waals surface area contributed by atoms with Crippen LogP contribution in [0, 0.1) is 0 Å². The molecule has 0 saturated carbocycles. The fraction of sp³-hybridized carbons (Fsp3) is 0.500. The van der Waals surface area contributed by atoms with Crippen LogP contribution in [0.2, 0.25) is 0 Å². The Morgan fingerprint density at radius 3 is 2.86 bits per heavy atom. The zero-order valence-corrected chi connectivity index (χ0v) is 12.5. The molecule has 1 heterocycles. The van der Waals surface area contributed by atoms with E-state index in [4.69, 9.17) is 9.47 Å². The zero-order valence-electron chi connectivity index (χ0n) is 12.5. The Kier molecular flexibility index (Phi) is 5.33. The normalized spacial score (nSPS) is 17.5. The second-order valence-electron chi connectivity index (χ2n) is 5.20. The van der Waals surface area contributed by atoms with E-state index in [0.717, 1.165) is 25.0 Å². The molecule has 0 bridgehead atoms. The van der Waals surface area contributed by atoms with Crippen LogP contribution in [0.15, 0.2) is 18.2 Å². The molecule has 0 aliphatic carbocycles. The third-order valence-corrected chi connectivity index (χ3v) is 3.59. The van der Waals surface area contributed by atoms with Crippen LogP contribution in [0.25, 0.3) is 0 Å². The molecule has 1 aromatic rings. The van der Waals surface area contributed by atoms with Crippen molar-refractivity contribution in [2.24, 2.45) is 0 Å². The molecule has 5 heteroatoms. The average molecular weight is 291 g/mol. The number of carbonyl (C=O) groups is 2. The Balaban J connectivity index is 1.97. The van der Waals surface area contributed by atoms with Crippen LogP contribution in [0.4, 0.5) is 0 Å². The highest BCUT2D eigenvalue weighted by Crippen LogP contribution is 2.21. The topological polar surface area (TPSA) is 64.6 Å². The molecule has 1 atom stereocenters. The molecular weight excluding hydrogens is 270 g/mol. The van der Waals surface area contributed by atoms with Gasteiger partial charge in [-0.05, 0) is 38.0 Å². The smallest absolute Gasteiger partial charge is 0.224 e. The minimum absolute atomic E-state index is 0.0290. The molecule has 1 fully saturated rings. The minimum atomic E-state index is -0.0931. The third-order valence-electron chi connectivity index (χ3n) is 3.59. The SMILES string of the molecule is COc1ccc(C(C)=O)cc1CC(=O)NCC1CCCO1. The maximum absolute atomic E-state index is 12.0. The van der Waals surface area contributed by atoms with Crippen molar-refractivity contribution >= 4 is 11.7 Å². The van der Waals surface area contributed by atoms with E-state index in [1.54, 1.807) is 25.3 Å². The summed E-state index contributed by atoms with van der Waals surface area (Å²) in [5.41, 5.74) is 1.30. The van der Waals surface area contributed by atoms with E-state index < -0.39 is 0 Å². The van der Waals surface area contributed by atoms with Crippen LogP contribution >= 0.6 is 0 Å². The number of carbonyl (C=O) groups excluding carboxylic acids is 2. The predicted octanol–water partition coefficient (Wildman–Crippen LogP) is 1.74.